The predicted molar refractivity (Wildman–Crippen MR) is 220 cm³/mol. The molecule has 2 N–H and O–H groups in total. The predicted octanol–water partition coefficient (Wildman–Crippen LogP) is 11.6. The van der Waals surface area contributed by atoms with Crippen molar-refractivity contribution in [2.75, 3.05) is 0 Å². The van der Waals surface area contributed by atoms with Crippen molar-refractivity contribution in [3.8, 4) is 27.9 Å². The van der Waals surface area contributed by atoms with Crippen LogP contribution in [-0.2, 0) is 0 Å². The van der Waals surface area contributed by atoms with E-state index in [-0.39, 0.29) is 12.3 Å². The maximum atomic E-state index is 5.18. The summed E-state index contributed by atoms with van der Waals surface area (Å²) < 4.78 is 2.38. The number of aliphatic imine (C=N–C) groups is 1. The molecule has 0 spiro atoms. The van der Waals surface area contributed by atoms with Gasteiger partial charge in [-0.15, -0.1) is 0 Å². The lowest BCUT2D eigenvalue weighted by atomic mass is 9.90. The largest absolute Gasteiger partial charge is 0.350 e. The van der Waals surface area contributed by atoms with Crippen molar-refractivity contribution in [1.29, 1.82) is 0 Å². The van der Waals surface area contributed by atoms with Crippen molar-refractivity contribution < 1.29 is 0 Å². The highest BCUT2D eigenvalue weighted by Gasteiger charge is 2.28. The standard InChI is InChI=1S/C49H36N4/c1-4-15-36(16-5-1)47-50-48(37-17-6-2-7-18-37)52-49(51-47)46-40-21-11-10-14-34(40)28-30-41(46)35-26-24-33(25-27-35)38-29-31-43-42-22-12-13-23-44(42)53(45(43)32-38)39-19-8-3-9-20-39/h1-32,47,49,51H,(H,50,52). The molecule has 252 valence electrons. The van der Waals surface area contributed by atoms with Crippen LogP contribution in [0.1, 0.15) is 29.0 Å². The van der Waals surface area contributed by atoms with Crippen molar-refractivity contribution in [2.24, 2.45) is 4.99 Å². The van der Waals surface area contributed by atoms with E-state index in [4.69, 9.17) is 4.99 Å². The number of rotatable bonds is 6. The van der Waals surface area contributed by atoms with Crippen LogP contribution in [0.15, 0.2) is 199 Å². The van der Waals surface area contributed by atoms with Gasteiger partial charge in [-0.1, -0.05) is 170 Å². The topological polar surface area (TPSA) is 41.4 Å². The molecule has 1 aliphatic rings. The highest BCUT2D eigenvalue weighted by Crippen LogP contribution is 2.39. The number of hydrogen-bond donors (Lipinski definition) is 2. The smallest absolute Gasteiger partial charge is 0.131 e. The monoisotopic (exact) mass is 680 g/mol. The minimum absolute atomic E-state index is 0.198. The molecule has 0 bridgehead atoms. The molecule has 0 saturated heterocycles. The summed E-state index contributed by atoms with van der Waals surface area (Å²) in [7, 11) is 0. The quantitative estimate of drug-likeness (QED) is 0.184. The Bertz CT molecular complexity index is 2770. The van der Waals surface area contributed by atoms with Gasteiger partial charge in [0.1, 0.15) is 18.2 Å². The van der Waals surface area contributed by atoms with Crippen LogP contribution >= 0.6 is 0 Å². The second-order valence-corrected chi connectivity index (χ2v) is 13.6. The number of fused-ring (bicyclic) bond motifs is 4. The molecular weight excluding hydrogens is 645 g/mol. The molecule has 0 fully saturated rings. The molecule has 53 heavy (non-hydrogen) atoms. The zero-order valence-corrected chi connectivity index (χ0v) is 29.0. The summed E-state index contributed by atoms with van der Waals surface area (Å²) in [6.45, 7) is 0. The Labute approximate surface area is 308 Å². The molecule has 9 aromatic rings. The normalized spacial score (nSPS) is 15.7. The number of nitrogens with zero attached hydrogens (tertiary/aromatic N) is 2. The average Bonchev–Trinajstić information content (AvgIpc) is 3.58. The number of benzene rings is 8. The Hall–Kier alpha value is -6.75. The molecule has 0 amide bonds. The van der Waals surface area contributed by atoms with E-state index in [0.717, 1.165) is 28.2 Å². The number of amidine groups is 1. The molecule has 4 heteroatoms. The van der Waals surface area contributed by atoms with Gasteiger partial charge >= 0.3 is 0 Å². The van der Waals surface area contributed by atoms with Gasteiger partial charge in [-0.2, -0.15) is 0 Å². The van der Waals surface area contributed by atoms with Crippen LogP contribution < -0.4 is 10.6 Å². The van der Waals surface area contributed by atoms with Gasteiger partial charge in [0.25, 0.3) is 0 Å². The van der Waals surface area contributed by atoms with E-state index in [1.165, 1.54) is 54.8 Å². The SMILES string of the molecule is c1ccc(C2=NC(c3ccccc3)NC(c3c(-c4ccc(-c5ccc6c7ccccc7n(-c7ccccc7)c6c5)cc4)ccc4ccccc34)N2)cc1. The maximum absolute atomic E-state index is 5.18. The Morgan fingerprint density at radius 1 is 0.453 bits per heavy atom. The van der Waals surface area contributed by atoms with Crippen LogP contribution in [0, 0.1) is 0 Å². The van der Waals surface area contributed by atoms with Gasteiger partial charge < -0.3 is 9.88 Å². The molecule has 10 rings (SSSR count). The average molecular weight is 681 g/mol. The number of para-hydroxylation sites is 2. The van der Waals surface area contributed by atoms with Crippen LogP contribution in [0.2, 0.25) is 0 Å². The summed E-state index contributed by atoms with van der Waals surface area (Å²) in [4.78, 5) is 5.18. The molecule has 0 radical (unpaired) electrons. The first-order chi connectivity index (χ1) is 26.3. The highest BCUT2D eigenvalue weighted by atomic mass is 15.3. The van der Waals surface area contributed by atoms with E-state index >= 15 is 0 Å². The Morgan fingerprint density at radius 2 is 1.08 bits per heavy atom. The number of aromatic nitrogens is 1. The van der Waals surface area contributed by atoms with Crippen LogP contribution in [0.5, 0.6) is 0 Å². The first kappa shape index (κ1) is 31.0. The molecule has 0 saturated carbocycles. The van der Waals surface area contributed by atoms with Crippen molar-refractivity contribution in [2.45, 2.75) is 12.3 Å². The second-order valence-electron chi connectivity index (χ2n) is 13.6. The van der Waals surface area contributed by atoms with Gasteiger partial charge in [0.15, 0.2) is 0 Å². The summed E-state index contributed by atoms with van der Waals surface area (Å²) in [5.41, 5.74) is 11.7. The van der Waals surface area contributed by atoms with Crippen molar-refractivity contribution in [3.63, 3.8) is 0 Å². The minimum Gasteiger partial charge on any atom is -0.350 e. The first-order valence-corrected chi connectivity index (χ1v) is 18.2. The third-order valence-corrected chi connectivity index (χ3v) is 10.5. The Morgan fingerprint density at radius 3 is 1.87 bits per heavy atom. The van der Waals surface area contributed by atoms with Crippen molar-refractivity contribution in [3.05, 3.63) is 211 Å². The first-order valence-electron chi connectivity index (χ1n) is 18.2. The fourth-order valence-electron chi connectivity index (χ4n) is 7.96. The highest BCUT2D eigenvalue weighted by molar-refractivity contribution is 6.10. The second kappa shape index (κ2) is 13.1. The summed E-state index contributed by atoms with van der Waals surface area (Å²) >= 11 is 0. The third-order valence-electron chi connectivity index (χ3n) is 10.5. The minimum atomic E-state index is -0.215. The van der Waals surface area contributed by atoms with Crippen molar-refractivity contribution >= 4 is 38.4 Å². The van der Waals surface area contributed by atoms with Gasteiger partial charge in [0, 0.05) is 27.6 Å². The van der Waals surface area contributed by atoms with E-state index in [1.54, 1.807) is 0 Å². The lowest BCUT2D eigenvalue weighted by Gasteiger charge is -2.34. The fourth-order valence-corrected chi connectivity index (χ4v) is 7.96. The summed E-state index contributed by atoms with van der Waals surface area (Å²) in [6.07, 6.45) is -0.413. The molecule has 2 heterocycles. The zero-order valence-electron chi connectivity index (χ0n) is 29.0. The summed E-state index contributed by atoms with van der Waals surface area (Å²) in [5.74, 6) is 0.876. The van der Waals surface area contributed by atoms with Crippen molar-refractivity contribution in [1.82, 2.24) is 15.2 Å². The molecule has 2 unspecified atom stereocenters. The van der Waals surface area contributed by atoms with Crippen LogP contribution in [-0.4, -0.2) is 10.4 Å². The Kier molecular flexibility index (Phi) is 7.67. The lowest BCUT2D eigenvalue weighted by molar-refractivity contribution is 0.411. The van der Waals surface area contributed by atoms with E-state index in [1.807, 2.05) is 6.07 Å². The summed E-state index contributed by atoms with van der Waals surface area (Å²) in [6, 6.07) is 69.4. The van der Waals surface area contributed by atoms with Gasteiger partial charge in [0.2, 0.25) is 0 Å². The molecule has 2 atom stereocenters. The number of nitrogens with one attached hydrogen (secondary N) is 2. The Balaban J connectivity index is 1.07. The molecule has 4 nitrogen and oxygen atoms in total. The number of hydrogen-bond acceptors (Lipinski definition) is 3. The van der Waals surface area contributed by atoms with E-state index < -0.39 is 0 Å². The van der Waals surface area contributed by atoms with Crippen LogP contribution in [0.25, 0.3) is 60.5 Å². The molecular formula is C49H36N4. The third kappa shape index (κ3) is 5.57. The van der Waals surface area contributed by atoms with E-state index in [0.29, 0.717) is 0 Å². The van der Waals surface area contributed by atoms with Gasteiger partial charge in [-0.25, -0.2) is 4.99 Å². The zero-order chi connectivity index (χ0) is 35.1. The summed E-state index contributed by atoms with van der Waals surface area (Å²) in [5, 5.41) is 12.6. The van der Waals surface area contributed by atoms with Crippen LogP contribution in [0.3, 0.4) is 0 Å². The molecule has 0 aliphatic carbocycles. The van der Waals surface area contributed by atoms with Crippen LogP contribution in [0.4, 0.5) is 0 Å². The maximum Gasteiger partial charge on any atom is 0.131 e. The van der Waals surface area contributed by atoms with Gasteiger partial charge in [-0.05, 0) is 62.9 Å². The van der Waals surface area contributed by atoms with E-state index in [2.05, 4.69) is 203 Å². The molecule has 1 aromatic heterocycles. The van der Waals surface area contributed by atoms with Gasteiger partial charge in [0.05, 0.1) is 11.0 Å². The van der Waals surface area contributed by atoms with Gasteiger partial charge in [-0.3, -0.25) is 5.32 Å². The lowest BCUT2D eigenvalue weighted by Crippen LogP contribution is -2.45. The molecule has 8 aromatic carbocycles. The molecule has 1 aliphatic heterocycles. The van der Waals surface area contributed by atoms with E-state index in [9.17, 15) is 0 Å². The fraction of sp³-hybridized carbons (Fsp3) is 0.0408.